The molecule has 0 saturated heterocycles. The number of nitrogens with one attached hydrogen (secondary N) is 2. The Labute approximate surface area is 111 Å². The summed E-state index contributed by atoms with van der Waals surface area (Å²) in [5, 5.41) is 3.03. The molecule has 0 bridgehead atoms. The van der Waals surface area contributed by atoms with E-state index < -0.39 is 0 Å². The summed E-state index contributed by atoms with van der Waals surface area (Å²) >= 11 is 0. The molecule has 1 amide bonds. The van der Waals surface area contributed by atoms with Crippen molar-refractivity contribution in [2.24, 2.45) is 5.92 Å². The van der Waals surface area contributed by atoms with E-state index in [-0.39, 0.29) is 11.9 Å². The zero-order valence-electron chi connectivity index (χ0n) is 10.8. The van der Waals surface area contributed by atoms with Crippen LogP contribution in [0.2, 0.25) is 0 Å². The molecule has 1 aliphatic rings. The Morgan fingerprint density at radius 2 is 2.32 bits per heavy atom. The van der Waals surface area contributed by atoms with Gasteiger partial charge in [-0.1, -0.05) is 0 Å². The van der Waals surface area contributed by atoms with Crippen LogP contribution < -0.4 is 5.32 Å². The van der Waals surface area contributed by atoms with Crippen molar-refractivity contribution in [2.75, 3.05) is 0 Å². The number of aromatic amines is 1. The first kappa shape index (κ1) is 11.9. The molecule has 3 rings (SSSR count). The summed E-state index contributed by atoms with van der Waals surface area (Å²) in [6.07, 6.45) is 5.72. The lowest BCUT2D eigenvalue weighted by molar-refractivity contribution is 0.0925. The number of H-pyrrole nitrogens is 1. The molecule has 0 unspecified atom stereocenters. The minimum Gasteiger partial charge on any atom is -0.357 e. The summed E-state index contributed by atoms with van der Waals surface area (Å²) in [4.78, 5) is 23.8. The van der Waals surface area contributed by atoms with Crippen LogP contribution in [0.15, 0.2) is 30.6 Å². The van der Waals surface area contributed by atoms with Gasteiger partial charge in [-0.25, -0.2) is 9.97 Å². The third-order valence-electron chi connectivity index (χ3n) is 3.31. The Bertz CT molecular complexity index is 575. The van der Waals surface area contributed by atoms with Crippen molar-refractivity contribution >= 4 is 5.91 Å². The number of aryl methyl sites for hydroxylation is 1. The van der Waals surface area contributed by atoms with E-state index in [0.29, 0.717) is 17.4 Å². The predicted molar refractivity (Wildman–Crippen MR) is 70.5 cm³/mol. The van der Waals surface area contributed by atoms with E-state index >= 15 is 0 Å². The van der Waals surface area contributed by atoms with Crippen LogP contribution in [0.1, 0.15) is 40.9 Å². The summed E-state index contributed by atoms with van der Waals surface area (Å²) in [5.41, 5.74) is 1.49. The van der Waals surface area contributed by atoms with E-state index in [1.165, 1.54) is 0 Å². The Morgan fingerprint density at radius 3 is 2.95 bits per heavy atom. The minimum absolute atomic E-state index is 0.0873. The topological polar surface area (TPSA) is 70.7 Å². The number of carbonyl (C=O) groups is 1. The molecular formula is C14H16N4O. The maximum absolute atomic E-state index is 12.1. The van der Waals surface area contributed by atoms with Gasteiger partial charge in [0.05, 0.1) is 6.04 Å². The van der Waals surface area contributed by atoms with Gasteiger partial charge in [0.2, 0.25) is 0 Å². The lowest BCUT2D eigenvalue weighted by Gasteiger charge is -2.16. The van der Waals surface area contributed by atoms with Crippen molar-refractivity contribution in [1.82, 2.24) is 20.3 Å². The molecule has 98 valence electrons. The maximum atomic E-state index is 12.1. The van der Waals surface area contributed by atoms with E-state index in [4.69, 9.17) is 0 Å². The molecule has 2 aromatic heterocycles. The Kier molecular flexibility index (Phi) is 3.03. The third kappa shape index (κ3) is 2.65. The molecule has 2 heterocycles. The van der Waals surface area contributed by atoms with Crippen molar-refractivity contribution in [3.05, 3.63) is 47.8 Å². The van der Waals surface area contributed by atoms with E-state index in [2.05, 4.69) is 20.3 Å². The number of amides is 1. The van der Waals surface area contributed by atoms with Crippen LogP contribution in [-0.4, -0.2) is 20.9 Å². The number of hydrogen-bond acceptors (Lipinski definition) is 3. The van der Waals surface area contributed by atoms with Crippen LogP contribution in [0.4, 0.5) is 0 Å². The van der Waals surface area contributed by atoms with Gasteiger partial charge in [0.25, 0.3) is 5.91 Å². The predicted octanol–water partition coefficient (Wildman–Crippen LogP) is 1.99. The van der Waals surface area contributed by atoms with Gasteiger partial charge in [-0.3, -0.25) is 4.79 Å². The Balaban J connectivity index is 1.80. The van der Waals surface area contributed by atoms with E-state index in [0.717, 1.165) is 18.5 Å². The minimum atomic E-state index is -0.105. The molecular weight excluding hydrogens is 240 g/mol. The molecule has 5 heteroatoms. The molecule has 0 spiro atoms. The molecule has 5 nitrogen and oxygen atoms in total. The van der Waals surface area contributed by atoms with Gasteiger partial charge in [0.15, 0.2) is 5.82 Å². The fourth-order valence-electron chi connectivity index (χ4n) is 2.13. The van der Waals surface area contributed by atoms with Crippen molar-refractivity contribution in [2.45, 2.75) is 25.8 Å². The van der Waals surface area contributed by atoms with Crippen molar-refractivity contribution < 1.29 is 4.79 Å². The number of carbonyl (C=O) groups excluding carboxylic acids is 1. The number of aromatic nitrogens is 3. The van der Waals surface area contributed by atoms with Gasteiger partial charge in [-0.2, -0.15) is 0 Å². The van der Waals surface area contributed by atoms with Crippen LogP contribution in [0, 0.1) is 12.8 Å². The van der Waals surface area contributed by atoms with Crippen LogP contribution in [-0.2, 0) is 0 Å². The van der Waals surface area contributed by atoms with E-state index in [9.17, 15) is 4.79 Å². The zero-order valence-corrected chi connectivity index (χ0v) is 10.8. The number of nitrogens with zero attached hydrogens (tertiary/aromatic N) is 2. The zero-order chi connectivity index (χ0) is 13.2. The number of rotatable bonds is 4. The standard InChI is InChI=1S/C14H16N4O/c1-9-6-8-16-13(17-9)12(10-4-5-10)18-14(19)11-3-2-7-15-11/h2-3,6-8,10,12,15H,4-5H2,1H3,(H,18,19)/t12-/m1/s1. The molecule has 2 N–H and O–H groups in total. The molecule has 1 atom stereocenters. The van der Waals surface area contributed by atoms with Crippen LogP contribution in [0.5, 0.6) is 0 Å². The van der Waals surface area contributed by atoms with Crippen molar-refractivity contribution in [1.29, 1.82) is 0 Å². The third-order valence-corrected chi connectivity index (χ3v) is 3.31. The summed E-state index contributed by atoms with van der Waals surface area (Å²) in [5.74, 6) is 1.06. The Morgan fingerprint density at radius 1 is 1.47 bits per heavy atom. The van der Waals surface area contributed by atoms with Gasteiger partial charge in [-0.05, 0) is 43.9 Å². The average molecular weight is 256 g/mol. The first-order chi connectivity index (χ1) is 9.24. The van der Waals surface area contributed by atoms with Gasteiger partial charge in [0, 0.05) is 18.1 Å². The van der Waals surface area contributed by atoms with E-state index in [1.807, 2.05) is 19.1 Å². The van der Waals surface area contributed by atoms with Gasteiger partial charge >= 0.3 is 0 Å². The van der Waals surface area contributed by atoms with Crippen LogP contribution in [0.3, 0.4) is 0 Å². The molecule has 1 aliphatic carbocycles. The lowest BCUT2D eigenvalue weighted by Crippen LogP contribution is -2.31. The molecule has 1 saturated carbocycles. The first-order valence-electron chi connectivity index (χ1n) is 6.48. The highest BCUT2D eigenvalue weighted by Gasteiger charge is 2.35. The van der Waals surface area contributed by atoms with Crippen LogP contribution >= 0.6 is 0 Å². The highest BCUT2D eigenvalue weighted by atomic mass is 16.2. The summed E-state index contributed by atoms with van der Waals surface area (Å²) < 4.78 is 0. The second-order valence-electron chi connectivity index (χ2n) is 4.93. The molecule has 0 radical (unpaired) electrons. The SMILES string of the molecule is Cc1ccnc([C@H](NC(=O)c2ccc[nH]2)C2CC2)n1. The highest BCUT2D eigenvalue weighted by molar-refractivity contribution is 5.92. The second-order valence-corrected chi connectivity index (χ2v) is 4.93. The monoisotopic (exact) mass is 256 g/mol. The van der Waals surface area contributed by atoms with Gasteiger partial charge in [0.1, 0.15) is 5.69 Å². The summed E-state index contributed by atoms with van der Waals surface area (Å²) in [6, 6.07) is 5.34. The highest BCUT2D eigenvalue weighted by Crippen LogP contribution is 2.39. The molecule has 0 aliphatic heterocycles. The molecule has 0 aromatic carbocycles. The maximum Gasteiger partial charge on any atom is 0.268 e. The normalized spacial score (nSPS) is 16.1. The lowest BCUT2D eigenvalue weighted by atomic mass is 10.1. The summed E-state index contributed by atoms with van der Waals surface area (Å²) in [7, 11) is 0. The van der Waals surface area contributed by atoms with Gasteiger partial charge < -0.3 is 10.3 Å². The average Bonchev–Trinajstić information content (AvgIpc) is 3.09. The number of hydrogen-bond donors (Lipinski definition) is 2. The first-order valence-corrected chi connectivity index (χ1v) is 6.48. The van der Waals surface area contributed by atoms with Crippen LogP contribution in [0.25, 0.3) is 0 Å². The molecule has 1 fully saturated rings. The largest absolute Gasteiger partial charge is 0.357 e. The molecule has 19 heavy (non-hydrogen) atoms. The fourth-order valence-corrected chi connectivity index (χ4v) is 2.13. The van der Waals surface area contributed by atoms with E-state index in [1.54, 1.807) is 18.5 Å². The summed E-state index contributed by atoms with van der Waals surface area (Å²) in [6.45, 7) is 1.93. The quantitative estimate of drug-likeness (QED) is 0.878. The fraction of sp³-hybridized carbons (Fsp3) is 0.357. The van der Waals surface area contributed by atoms with Crippen molar-refractivity contribution in [3.8, 4) is 0 Å². The Hall–Kier alpha value is -2.17. The smallest absolute Gasteiger partial charge is 0.268 e. The van der Waals surface area contributed by atoms with Gasteiger partial charge in [-0.15, -0.1) is 0 Å². The van der Waals surface area contributed by atoms with Crippen molar-refractivity contribution in [3.63, 3.8) is 0 Å². The second kappa shape index (κ2) is 4.84. The molecule has 2 aromatic rings.